The Labute approximate surface area is 156 Å². The molecule has 3 aromatic rings. The highest BCUT2D eigenvalue weighted by Crippen LogP contribution is 2.34. The number of benzene rings is 2. The number of hydrogen-bond donors (Lipinski definition) is 1. The minimum Gasteiger partial charge on any atom is -0.451 e. The highest BCUT2D eigenvalue weighted by molar-refractivity contribution is 14.1. The van der Waals surface area contributed by atoms with Crippen molar-refractivity contribution in [2.45, 2.75) is 0 Å². The molecule has 0 aliphatic carbocycles. The molecule has 0 fully saturated rings. The van der Waals surface area contributed by atoms with Crippen molar-refractivity contribution in [3.63, 3.8) is 0 Å². The minimum absolute atomic E-state index is 0.203. The van der Waals surface area contributed by atoms with Gasteiger partial charge in [-0.15, -0.1) is 0 Å². The maximum Gasteiger partial charge on any atom is 0.291 e. The Bertz CT molecular complexity index is 859. The first-order valence-corrected chi connectivity index (χ1v) is 8.49. The van der Waals surface area contributed by atoms with E-state index in [0.717, 1.165) is 3.57 Å². The predicted octanol–water partition coefficient (Wildman–Crippen LogP) is 6.11. The van der Waals surface area contributed by atoms with E-state index in [1.54, 1.807) is 30.3 Å². The molecule has 0 spiro atoms. The fourth-order valence-corrected chi connectivity index (χ4v) is 2.78. The number of amides is 1. The number of halogens is 3. The van der Waals surface area contributed by atoms with E-state index < -0.39 is 0 Å². The molecule has 0 atom stereocenters. The molecule has 0 unspecified atom stereocenters. The topological polar surface area (TPSA) is 42.2 Å². The smallest absolute Gasteiger partial charge is 0.291 e. The standard InChI is InChI=1S/C17H10Cl2INO2/c18-13-3-1-2-12(16(13)19)14-8-9-15(23-14)17(22)21-11-6-4-10(20)5-7-11/h1-9H,(H,21,22). The molecule has 0 saturated carbocycles. The Hall–Kier alpha value is -1.50. The third-order valence-corrected chi connectivity index (χ3v) is 4.69. The number of hydrogen-bond acceptors (Lipinski definition) is 2. The van der Waals surface area contributed by atoms with Crippen LogP contribution in [0.3, 0.4) is 0 Å². The average Bonchev–Trinajstić information content (AvgIpc) is 3.02. The van der Waals surface area contributed by atoms with Crippen molar-refractivity contribution in [2.75, 3.05) is 5.32 Å². The van der Waals surface area contributed by atoms with Crippen molar-refractivity contribution < 1.29 is 9.21 Å². The van der Waals surface area contributed by atoms with Crippen LogP contribution in [0.25, 0.3) is 11.3 Å². The summed E-state index contributed by atoms with van der Waals surface area (Å²) >= 11 is 14.4. The fourth-order valence-electron chi connectivity index (χ4n) is 2.02. The van der Waals surface area contributed by atoms with E-state index in [4.69, 9.17) is 27.6 Å². The van der Waals surface area contributed by atoms with Gasteiger partial charge in [0.25, 0.3) is 5.91 Å². The normalized spacial score (nSPS) is 10.6. The number of carbonyl (C=O) groups is 1. The van der Waals surface area contributed by atoms with Gasteiger partial charge >= 0.3 is 0 Å². The number of furan rings is 1. The molecule has 0 aliphatic heterocycles. The van der Waals surface area contributed by atoms with E-state index in [2.05, 4.69) is 27.9 Å². The van der Waals surface area contributed by atoms with Crippen molar-refractivity contribution in [2.24, 2.45) is 0 Å². The van der Waals surface area contributed by atoms with Gasteiger partial charge in [0, 0.05) is 14.8 Å². The van der Waals surface area contributed by atoms with Crippen LogP contribution in [0.2, 0.25) is 10.0 Å². The van der Waals surface area contributed by atoms with Gasteiger partial charge < -0.3 is 9.73 Å². The number of anilines is 1. The molecule has 23 heavy (non-hydrogen) atoms. The van der Waals surface area contributed by atoms with Gasteiger partial charge in [-0.2, -0.15) is 0 Å². The quantitative estimate of drug-likeness (QED) is 0.482. The summed E-state index contributed by atoms with van der Waals surface area (Å²) in [4.78, 5) is 12.2. The Morgan fingerprint density at radius 3 is 2.48 bits per heavy atom. The van der Waals surface area contributed by atoms with Crippen molar-refractivity contribution in [3.8, 4) is 11.3 Å². The molecule has 0 saturated heterocycles. The lowest BCUT2D eigenvalue weighted by molar-refractivity contribution is 0.0997. The van der Waals surface area contributed by atoms with E-state index >= 15 is 0 Å². The lowest BCUT2D eigenvalue weighted by Crippen LogP contribution is -2.10. The summed E-state index contributed by atoms with van der Waals surface area (Å²) in [7, 11) is 0. The summed E-state index contributed by atoms with van der Waals surface area (Å²) < 4.78 is 6.70. The second-order valence-electron chi connectivity index (χ2n) is 4.73. The summed E-state index contributed by atoms with van der Waals surface area (Å²) in [6, 6.07) is 16.0. The van der Waals surface area contributed by atoms with Crippen molar-refractivity contribution in [1.29, 1.82) is 0 Å². The molecule has 6 heteroatoms. The third kappa shape index (κ3) is 3.71. The van der Waals surface area contributed by atoms with Gasteiger partial charge in [0.1, 0.15) is 5.76 Å². The highest BCUT2D eigenvalue weighted by Gasteiger charge is 2.15. The molecular weight excluding hydrogens is 448 g/mol. The monoisotopic (exact) mass is 457 g/mol. The van der Waals surface area contributed by atoms with E-state index in [-0.39, 0.29) is 11.7 Å². The molecule has 1 amide bonds. The van der Waals surface area contributed by atoms with Gasteiger partial charge in [-0.25, -0.2) is 0 Å². The Morgan fingerprint density at radius 1 is 1.00 bits per heavy atom. The maximum atomic E-state index is 12.2. The largest absolute Gasteiger partial charge is 0.451 e. The molecule has 0 aliphatic rings. The van der Waals surface area contributed by atoms with Crippen LogP contribution in [0.4, 0.5) is 5.69 Å². The van der Waals surface area contributed by atoms with Gasteiger partial charge in [-0.1, -0.05) is 29.3 Å². The first-order chi connectivity index (χ1) is 11.0. The SMILES string of the molecule is O=C(Nc1ccc(I)cc1)c1ccc(-c2cccc(Cl)c2Cl)o1. The summed E-state index contributed by atoms with van der Waals surface area (Å²) in [5.74, 6) is 0.371. The van der Waals surface area contributed by atoms with Gasteiger partial charge in [-0.3, -0.25) is 4.79 Å². The third-order valence-electron chi connectivity index (χ3n) is 3.15. The Morgan fingerprint density at radius 2 is 1.74 bits per heavy atom. The summed E-state index contributed by atoms with van der Waals surface area (Å²) in [5.41, 5.74) is 1.35. The number of rotatable bonds is 3. The van der Waals surface area contributed by atoms with Crippen molar-refractivity contribution >= 4 is 57.4 Å². The van der Waals surface area contributed by atoms with Gasteiger partial charge in [0.2, 0.25) is 0 Å². The maximum absolute atomic E-state index is 12.2. The highest BCUT2D eigenvalue weighted by atomic mass is 127. The zero-order valence-corrected chi connectivity index (χ0v) is 15.3. The molecule has 3 nitrogen and oxygen atoms in total. The molecule has 1 heterocycles. The molecule has 0 radical (unpaired) electrons. The minimum atomic E-state index is -0.324. The van der Waals surface area contributed by atoms with E-state index in [1.165, 1.54) is 0 Å². The van der Waals surface area contributed by atoms with Crippen LogP contribution >= 0.6 is 45.8 Å². The van der Waals surface area contributed by atoms with Crippen LogP contribution in [-0.4, -0.2) is 5.91 Å². The van der Waals surface area contributed by atoms with E-state index in [9.17, 15) is 4.79 Å². The second kappa shape index (κ2) is 6.95. The number of carbonyl (C=O) groups excluding carboxylic acids is 1. The van der Waals surface area contributed by atoms with Crippen LogP contribution in [0.5, 0.6) is 0 Å². The lowest BCUT2D eigenvalue weighted by atomic mass is 10.2. The van der Waals surface area contributed by atoms with E-state index in [0.29, 0.717) is 27.1 Å². The lowest BCUT2D eigenvalue weighted by Gasteiger charge is -2.04. The number of nitrogens with one attached hydrogen (secondary N) is 1. The average molecular weight is 458 g/mol. The summed E-state index contributed by atoms with van der Waals surface area (Å²) in [5, 5.41) is 3.61. The molecule has 1 N–H and O–H groups in total. The second-order valence-corrected chi connectivity index (χ2v) is 6.76. The Balaban J connectivity index is 1.82. The van der Waals surface area contributed by atoms with E-state index in [1.807, 2.05) is 24.3 Å². The zero-order chi connectivity index (χ0) is 16.4. The van der Waals surface area contributed by atoms with Crippen molar-refractivity contribution in [1.82, 2.24) is 0 Å². The van der Waals surface area contributed by atoms with Gasteiger partial charge in [0.05, 0.1) is 10.0 Å². The Kier molecular flexibility index (Phi) is 4.94. The van der Waals surface area contributed by atoms with Crippen LogP contribution < -0.4 is 5.32 Å². The van der Waals surface area contributed by atoms with Gasteiger partial charge in [-0.05, 0) is 71.1 Å². The summed E-state index contributed by atoms with van der Waals surface area (Å²) in [6.45, 7) is 0. The summed E-state index contributed by atoms with van der Waals surface area (Å²) in [6.07, 6.45) is 0. The molecule has 3 rings (SSSR count). The van der Waals surface area contributed by atoms with Gasteiger partial charge in [0.15, 0.2) is 5.76 Å². The zero-order valence-electron chi connectivity index (χ0n) is 11.6. The van der Waals surface area contributed by atoms with Crippen LogP contribution in [0, 0.1) is 3.57 Å². The first-order valence-electron chi connectivity index (χ1n) is 6.66. The molecule has 0 bridgehead atoms. The van der Waals surface area contributed by atoms with Crippen LogP contribution in [-0.2, 0) is 0 Å². The predicted molar refractivity (Wildman–Crippen MR) is 101 cm³/mol. The molecule has 2 aromatic carbocycles. The molecular formula is C17H10Cl2INO2. The molecule has 1 aromatic heterocycles. The van der Waals surface area contributed by atoms with Crippen LogP contribution in [0.15, 0.2) is 59.0 Å². The fraction of sp³-hybridized carbons (Fsp3) is 0. The van der Waals surface area contributed by atoms with Crippen LogP contribution in [0.1, 0.15) is 10.6 Å². The van der Waals surface area contributed by atoms with Crippen molar-refractivity contribution in [3.05, 3.63) is 74.0 Å². The molecule has 116 valence electrons. The first kappa shape index (κ1) is 16.4.